The zero-order valence-corrected chi connectivity index (χ0v) is 13.3. The summed E-state index contributed by atoms with van der Waals surface area (Å²) in [5.41, 5.74) is -1.39. The Kier molecular flexibility index (Phi) is 4.77. The van der Waals surface area contributed by atoms with E-state index in [1.165, 1.54) is 0 Å². The summed E-state index contributed by atoms with van der Waals surface area (Å²) in [6.45, 7) is 1.78. The molecular weight excluding hydrogens is 316 g/mol. The lowest BCUT2D eigenvalue weighted by Gasteiger charge is -2.38. The number of H-pyrrole nitrogens is 1. The van der Waals surface area contributed by atoms with E-state index in [1.807, 2.05) is 6.92 Å². The first-order valence-corrected chi connectivity index (χ1v) is 8.67. The van der Waals surface area contributed by atoms with Crippen molar-refractivity contribution >= 4 is 21.6 Å². The highest BCUT2D eigenvalue weighted by molar-refractivity contribution is 7.89. The van der Waals surface area contributed by atoms with Gasteiger partial charge in [-0.3, -0.25) is 4.79 Å². The van der Waals surface area contributed by atoms with Gasteiger partial charge in [-0.15, -0.1) is 0 Å². The summed E-state index contributed by atoms with van der Waals surface area (Å²) in [6.07, 6.45) is 4.16. The summed E-state index contributed by atoms with van der Waals surface area (Å²) in [6, 6.07) is 1.11. The predicted octanol–water partition coefficient (Wildman–Crippen LogP) is 1.25. The van der Waals surface area contributed by atoms with Gasteiger partial charge in [-0.25, -0.2) is 13.1 Å². The van der Waals surface area contributed by atoms with Crippen LogP contribution in [0.4, 0.5) is 0 Å². The fraction of sp³-hybridized carbons (Fsp3) is 0.615. The maximum absolute atomic E-state index is 12.4. The van der Waals surface area contributed by atoms with Crippen molar-refractivity contribution in [1.29, 1.82) is 0 Å². The molecule has 1 fully saturated rings. The fourth-order valence-electron chi connectivity index (χ4n) is 2.87. The molecule has 1 aliphatic carbocycles. The quantitative estimate of drug-likeness (QED) is 0.771. The van der Waals surface area contributed by atoms with Crippen molar-refractivity contribution in [2.24, 2.45) is 5.92 Å². The van der Waals surface area contributed by atoms with Crippen LogP contribution in [0, 0.1) is 5.92 Å². The van der Waals surface area contributed by atoms with Gasteiger partial charge in [0.05, 0.1) is 17.0 Å². The minimum atomic E-state index is -3.86. The first-order chi connectivity index (χ1) is 9.78. The second-order valence-corrected chi connectivity index (χ2v) is 7.85. The summed E-state index contributed by atoms with van der Waals surface area (Å²) < 4.78 is 27.5. The lowest BCUT2D eigenvalue weighted by Crippen LogP contribution is -2.53. The number of aliphatic hydroxyl groups is 1. The van der Waals surface area contributed by atoms with E-state index in [9.17, 15) is 18.3 Å². The van der Waals surface area contributed by atoms with Crippen LogP contribution in [0.3, 0.4) is 0 Å². The van der Waals surface area contributed by atoms with Crippen LogP contribution in [0.1, 0.15) is 32.6 Å². The molecule has 0 radical (unpaired) electrons. The summed E-state index contributed by atoms with van der Waals surface area (Å²) >= 11 is 5.67. The molecule has 1 heterocycles. The standard InChI is InChI=1S/C13H19ClN2O4S/c1-9-3-2-4-13(6-9,8-17)16-21(19,20)10-5-11(14)12(18)15-7-10/h5,7,9,16-17H,2-4,6,8H2,1H3,(H,15,18). The molecule has 1 saturated carbocycles. The average molecular weight is 335 g/mol. The molecule has 2 rings (SSSR count). The van der Waals surface area contributed by atoms with Crippen molar-refractivity contribution < 1.29 is 13.5 Å². The highest BCUT2D eigenvalue weighted by Crippen LogP contribution is 2.33. The van der Waals surface area contributed by atoms with Gasteiger partial charge in [0.2, 0.25) is 10.0 Å². The van der Waals surface area contributed by atoms with Crippen LogP contribution in [0.5, 0.6) is 0 Å². The van der Waals surface area contributed by atoms with Gasteiger partial charge in [0.15, 0.2) is 0 Å². The normalized spacial score (nSPS) is 26.7. The van der Waals surface area contributed by atoms with Crippen molar-refractivity contribution in [1.82, 2.24) is 9.71 Å². The Morgan fingerprint density at radius 3 is 2.86 bits per heavy atom. The minimum absolute atomic E-state index is 0.113. The van der Waals surface area contributed by atoms with Gasteiger partial charge < -0.3 is 10.1 Å². The van der Waals surface area contributed by atoms with E-state index in [2.05, 4.69) is 9.71 Å². The Hall–Kier alpha value is -0.890. The lowest BCUT2D eigenvalue weighted by molar-refractivity contribution is 0.119. The van der Waals surface area contributed by atoms with E-state index in [-0.39, 0.29) is 16.5 Å². The molecule has 3 N–H and O–H groups in total. The third kappa shape index (κ3) is 3.66. The Labute approximate surface area is 128 Å². The van der Waals surface area contributed by atoms with Crippen LogP contribution in [0.15, 0.2) is 22.0 Å². The second kappa shape index (κ2) is 6.08. The third-order valence-electron chi connectivity index (χ3n) is 3.89. The van der Waals surface area contributed by atoms with Gasteiger partial charge in [0.1, 0.15) is 5.02 Å². The molecule has 0 aromatic carbocycles. The number of aliphatic hydroxyl groups excluding tert-OH is 1. The smallest absolute Gasteiger partial charge is 0.266 e. The van der Waals surface area contributed by atoms with E-state index in [4.69, 9.17) is 11.6 Å². The van der Waals surface area contributed by atoms with Crippen molar-refractivity contribution in [3.05, 3.63) is 27.6 Å². The molecule has 1 aromatic heterocycles. The summed E-state index contributed by atoms with van der Waals surface area (Å²) in [4.78, 5) is 13.4. The molecule has 8 heteroatoms. The molecule has 0 saturated heterocycles. The van der Waals surface area contributed by atoms with Crippen LogP contribution < -0.4 is 10.3 Å². The molecule has 2 unspecified atom stereocenters. The first kappa shape index (κ1) is 16.5. The molecule has 2 atom stereocenters. The zero-order chi connectivity index (χ0) is 15.7. The van der Waals surface area contributed by atoms with Crippen LogP contribution in [-0.2, 0) is 10.0 Å². The van der Waals surface area contributed by atoms with E-state index in [1.54, 1.807) is 0 Å². The number of sulfonamides is 1. The van der Waals surface area contributed by atoms with Gasteiger partial charge in [-0.2, -0.15) is 0 Å². The maximum atomic E-state index is 12.4. The molecule has 0 bridgehead atoms. The number of pyridine rings is 1. The molecule has 1 aliphatic rings. The van der Waals surface area contributed by atoms with Crippen molar-refractivity contribution in [2.75, 3.05) is 6.61 Å². The van der Waals surface area contributed by atoms with Crippen LogP contribution in [-0.4, -0.2) is 30.7 Å². The van der Waals surface area contributed by atoms with Gasteiger partial charge in [-0.05, 0) is 24.8 Å². The van der Waals surface area contributed by atoms with Crippen LogP contribution >= 0.6 is 11.6 Å². The summed E-state index contributed by atoms with van der Waals surface area (Å²) in [7, 11) is -3.86. The number of nitrogens with one attached hydrogen (secondary N) is 2. The molecule has 21 heavy (non-hydrogen) atoms. The Balaban J connectivity index is 2.30. The van der Waals surface area contributed by atoms with Crippen LogP contribution in [0.25, 0.3) is 0 Å². The predicted molar refractivity (Wildman–Crippen MR) is 79.8 cm³/mol. The number of rotatable bonds is 4. The van der Waals surface area contributed by atoms with Gasteiger partial charge in [-0.1, -0.05) is 31.4 Å². The average Bonchev–Trinajstić information content (AvgIpc) is 2.41. The summed E-state index contributed by atoms with van der Waals surface area (Å²) in [5.74, 6) is 0.341. The van der Waals surface area contributed by atoms with Gasteiger partial charge in [0.25, 0.3) is 5.56 Å². The zero-order valence-electron chi connectivity index (χ0n) is 11.7. The number of aromatic nitrogens is 1. The molecule has 1 aromatic rings. The SMILES string of the molecule is CC1CCCC(CO)(NS(=O)(=O)c2c[nH]c(=O)c(Cl)c2)C1. The lowest BCUT2D eigenvalue weighted by atomic mass is 9.78. The third-order valence-corrected chi connectivity index (χ3v) is 5.73. The second-order valence-electron chi connectivity index (χ2n) is 5.76. The van der Waals surface area contributed by atoms with Crippen LogP contribution in [0.2, 0.25) is 5.02 Å². The van der Waals surface area contributed by atoms with Gasteiger partial charge >= 0.3 is 0 Å². The maximum Gasteiger partial charge on any atom is 0.266 e. The van der Waals surface area contributed by atoms with Crippen molar-refractivity contribution in [3.63, 3.8) is 0 Å². The van der Waals surface area contributed by atoms with E-state index < -0.39 is 21.1 Å². The highest BCUT2D eigenvalue weighted by atomic mass is 35.5. The molecular formula is C13H19ClN2O4S. The molecule has 0 spiro atoms. The molecule has 0 amide bonds. The molecule has 0 aliphatic heterocycles. The number of halogens is 1. The largest absolute Gasteiger partial charge is 0.394 e. The monoisotopic (exact) mass is 334 g/mol. The number of hydrogen-bond donors (Lipinski definition) is 3. The van der Waals surface area contributed by atoms with Crippen molar-refractivity contribution in [3.8, 4) is 0 Å². The highest BCUT2D eigenvalue weighted by Gasteiger charge is 2.38. The molecule has 6 nitrogen and oxygen atoms in total. The topological polar surface area (TPSA) is 99.3 Å². The Morgan fingerprint density at radius 1 is 1.57 bits per heavy atom. The Morgan fingerprint density at radius 2 is 2.29 bits per heavy atom. The Bertz CT molecular complexity index is 673. The minimum Gasteiger partial charge on any atom is -0.394 e. The first-order valence-electron chi connectivity index (χ1n) is 6.81. The number of hydrogen-bond acceptors (Lipinski definition) is 4. The van der Waals surface area contributed by atoms with E-state index in [0.717, 1.165) is 25.1 Å². The molecule has 118 valence electrons. The van der Waals surface area contributed by atoms with Crippen molar-refractivity contribution in [2.45, 2.75) is 43.0 Å². The summed E-state index contributed by atoms with van der Waals surface area (Å²) in [5, 5.41) is 9.47. The van der Waals surface area contributed by atoms with E-state index in [0.29, 0.717) is 18.8 Å². The number of aromatic amines is 1. The fourth-order valence-corrected chi connectivity index (χ4v) is 4.53. The van der Waals surface area contributed by atoms with E-state index >= 15 is 0 Å². The van der Waals surface area contributed by atoms with Gasteiger partial charge in [0, 0.05) is 6.20 Å².